The molecule has 0 amide bonds. The Balaban J connectivity index is 1.83. The Morgan fingerprint density at radius 2 is 1.89 bits per heavy atom. The summed E-state index contributed by atoms with van der Waals surface area (Å²) < 4.78 is 27.1. The third-order valence-electron chi connectivity index (χ3n) is 6.81. The largest absolute Gasteiger partial charge is 0.363 e. The monoisotopic (exact) mass is 362 g/mol. The van der Waals surface area contributed by atoms with Gasteiger partial charge in [0, 0.05) is 51.1 Å². The number of benzene rings is 2. The lowest BCUT2D eigenvalue weighted by molar-refractivity contribution is 0.329. The number of anilines is 1. The van der Waals surface area contributed by atoms with Gasteiger partial charge < -0.3 is 9.47 Å². The molecule has 27 heavy (non-hydrogen) atoms. The number of aromatic nitrogens is 2. The van der Waals surface area contributed by atoms with E-state index in [1.54, 1.807) is 0 Å². The summed E-state index contributed by atoms with van der Waals surface area (Å²) in [5.74, 6) is 1.05. The Bertz CT molecular complexity index is 1170. The molecule has 2 atom stereocenters. The summed E-state index contributed by atoms with van der Waals surface area (Å²) in [6.45, 7) is 8.58. The fraction of sp³-hybridized carbons (Fsp3) is 0.458. The molecule has 3 heterocycles. The highest BCUT2D eigenvalue weighted by Gasteiger charge is 2.50. The number of rotatable bonds is 1. The van der Waals surface area contributed by atoms with Crippen LogP contribution in [0, 0.1) is 12.3 Å². The number of hydrogen-bond donors (Lipinski definition) is 0. The molecule has 0 aliphatic carbocycles. The first-order valence-corrected chi connectivity index (χ1v) is 9.83. The second-order valence-corrected chi connectivity index (χ2v) is 9.19. The molecular weight excluding hydrogens is 330 g/mol. The average Bonchev–Trinajstić information content (AvgIpc) is 3.28. The van der Waals surface area contributed by atoms with Crippen LogP contribution in [0.15, 0.2) is 36.7 Å². The van der Waals surface area contributed by atoms with Crippen molar-refractivity contribution in [2.45, 2.75) is 65.9 Å². The predicted molar refractivity (Wildman–Crippen MR) is 113 cm³/mol. The molecule has 0 saturated carbocycles. The molecule has 3 heteroatoms. The first-order chi connectivity index (χ1) is 14.0. The van der Waals surface area contributed by atoms with E-state index in [0.717, 1.165) is 12.2 Å². The Morgan fingerprint density at radius 3 is 2.59 bits per heavy atom. The fourth-order valence-corrected chi connectivity index (χ4v) is 5.68. The zero-order chi connectivity index (χ0) is 21.6. The van der Waals surface area contributed by atoms with Crippen molar-refractivity contribution in [3.05, 3.63) is 53.6 Å². The minimum absolute atomic E-state index is 0.114. The highest BCUT2D eigenvalue weighted by atomic mass is 15.3. The van der Waals surface area contributed by atoms with Crippen LogP contribution in [-0.4, -0.2) is 21.1 Å². The van der Waals surface area contributed by atoms with Crippen LogP contribution < -0.4 is 4.90 Å². The number of nitrogens with zero attached hydrogens (tertiary/aromatic N) is 3. The molecule has 0 bridgehead atoms. The summed E-state index contributed by atoms with van der Waals surface area (Å²) in [5.41, 5.74) is 3.85. The third kappa shape index (κ3) is 2.11. The Morgan fingerprint density at radius 1 is 1.15 bits per heavy atom. The molecule has 2 aliphatic rings. The highest BCUT2D eigenvalue weighted by molar-refractivity contribution is 6.00. The van der Waals surface area contributed by atoms with E-state index in [1.807, 2.05) is 19.3 Å². The Kier molecular flexibility index (Phi) is 2.64. The van der Waals surface area contributed by atoms with Crippen LogP contribution in [0.1, 0.15) is 62.0 Å². The summed E-state index contributed by atoms with van der Waals surface area (Å²) >= 11 is 0. The Labute approximate surface area is 166 Å². The molecule has 2 unspecified atom stereocenters. The van der Waals surface area contributed by atoms with E-state index in [2.05, 4.69) is 66.4 Å². The van der Waals surface area contributed by atoms with Crippen LogP contribution >= 0.6 is 0 Å². The van der Waals surface area contributed by atoms with Gasteiger partial charge in [0.25, 0.3) is 0 Å². The van der Waals surface area contributed by atoms with Crippen molar-refractivity contribution in [2.24, 2.45) is 5.41 Å². The maximum Gasteiger partial charge on any atom is 0.117 e. The number of hydrogen-bond acceptors (Lipinski definition) is 2. The topological polar surface area (TPSA) is 21.1 Å². The van der Waals surface area contributed by atoms with Gasteiger partial charge in [0.2, 0.25) is 0 Å². The number of fused-ring (bicyclic) bond motifs is 5. The maximum atomic E-state index is 8.30. The number of imidazole rings is 1. The van der Waals surface area contributed by atoms with Crippen molar-refractivity contribution >= 4 is 16.5 Å². The second kappa shape index (κ2) is 5.15. The minimum atomic E-state index is -2.01. The van der Waals surface area contributed by atoms with Crippen molar-refractivity contribution in [3.63, 3.8) is 0 Å². The highest BCUT2D eigenvalue weighted by Crippen LogP contribution is 2.53. The summed E-state index contributed by atoms with van der Waals surface area (Å²) in [7, 11) is 0. The van der Waals surface area contributed by atoms with Gasteiger partial charge in [0.15, 0.2) is 0 Å². The third-order valence-corrected chi connectivity index (χ3v) is 6.81. The summed E-state index contributed by atoms with van der Waals surface area (Å²) in [4.78, 5) is 7.00. The molecule has 0 radical (unpaired) electrons. The quantitative estimate of drug-likeness (QED) is 0.437. The normalized spacial score (nSPS) is 28.0. The lowest BCUT2D eigenvalue weighted by Crippen LogP contribution is -2.44. The van der Waals surface area contributed by atoms with Gasteiger partial charge in [-0.05, 0) is 50.5 Å². The van der Waals surface area contributed by atoms with E-state index in [4.69, 9.17) is 4.11 Å². The molecular formula is C24H29N3. The fourth-order valence-electron chi connectivity index (χ4n) is 5.68. The molecule has 0 spiro atoms. The van der Waals surface area contributed by atoms with Gasteiger partial charge in [0.05, 0.1) is 5.69 Å². The molecule has 1 fully saturated rings. The van der Waals surface area contributed by atoms with Gasteiger partial charge in [-0.1, -0.05) is 38.0 Å². The zero-order valence-corrected chi connectivity index (χ0v) is 16.8. The molecule has 3 aromatic rings. The lowest BCUT2D eigenvalue weighted by Gasteiger charge is -2.40. The Hall–Kier alpha value is -2.29. The summed E-state index contributed by atoms with van der Waals surface area (Å²) in [5, 5.41) is 2.45. The lowest BCUT2D eigenvalue weighted by atomic mass is 9.82. The van der Waals surface area contributed by atoms with Crippen molar-refractivity contribution in [3.8, 4) is 5.69 Å². The van der Waals surface area contributed by atoms with Crippen molar-refractivity contribution in [1.82, 2.24) is 9.55 Å². The first-order valence-electron chi connectivity index (χ1n) is 11.3. The average molecular weight is 363 g/mol. The summed E-state index contributed by atoms with van der Waals surface area (Å²) in [6.07, 6.45) is 5.30. The predicted octanol–water partition coefficient (Wildman–Crippen LogP) is 5.64. The van der Waals surface area contributed by atoms with Crippen molar-refractivity contribution in [1.29, 1.82) is 0 Å². The minimum Gasteiger partial charge on any atom is -0.363 e. The SMILES string of the molecule is [2H]C([2H])([2H])C1(C)CC(C)(C)N(c2c3c(c4ccccc4c2C)-n2ccnc2C3)C1C. The molecule has 5 rings (SSSR count). The van der Waals surface area contributed by atoms with Crippen LogP contribution in [0.25, 0.3) is 16.5 Å². The number of aryl methyl sites for hydroxylation is 1. The molecule has 0 N–H and O–H groups in total. The van der Waals surface area contributed by atoms with E-state index in [-0.39, 0.29) is 11.6 Å². The van der Waals surface area contributed by atoms with Crippen molar-refractivity contribution in [2.75, 3.05) is 4.90 Å². The zero-order valence-electron chi connectivity index (χ0n) is 19.8. The molecule has 3 nitrogen and oxygen atoms in total. The summed E-state index contributed by atoms with van der Waals surface area (Å²) in [6, 6.07) is 8.42. The van der Waals surface area contributed by atoms with Gasteiger partial charge in [-0.2, -0.15) is 0 Å². The van der Waals surface area contributed by atoms with Gasteiger partial charge in [-0.15, -0.1) is 0 Å². The van der Waals surface area contributed by atoms with Gasteiger partial charge in [-0.3, -0.25) is 0 Å². The molecule has 2 aromatic carbocycles. The van der Waals surface area contributed by atoms with Crippen molar-refractivity contribution < 1.29 is 4.11 Å². The van der Waals surface area contributed by atoms with E-state index in [9.17, 15) is 0 Å². The molecule has 2 aliphatic heterocycles. The molecule has 140 valence electrons. The standard InChI is InChI=1S/C24H29N3/c1-15-17-9-7-8-10-18(17)22-19(13-20-25-11-12-26(20)22)21(15)27-16(2)23(3,4)14-24(27,5)6/h7-12,16H,13-14H2,1-6H3/i3D3. The van der Waals surface area contributed by atoms with Gasteiger partial charge in [-0.25, -0.2) is 4.98 Å². The smallest absolute Gasteiger partial charge is 0.117 e. The molecule has 1 saturated heterocycles. The van der Waals surface area contributed by atoms with E-state index in [0.29, 0.717) is 6.42 Å². The van der Waals surface area contributed by atoms with Crippen LogP contribution in [0.2, 0.25) is 0 Å². The van der Waals surface area contributed by atoms with E-state index < -0.39 is 12.3 Å². The van der Waals surface area contributed by atoms with E-state index in [1.165, 1.54) is 33.3 Å². The molecule has 1 aromatic heterocycles. The van der Waals surface area contributed by atoms with Crippen LogP contribution in [0.3, 0.4) is 0 Å². The van der Waals surface area contributed by atoms with Crippen LogP contribution in [0.4, 0.5) is 5.69 Å². The van der Waals surface area contributed by atoms with Crippen LogP contribution in [-0.2, 0) is 6.42 Å². The van der Waals surface area contributed by atoms with Crippen LogP contribution in [0.5, 0.6) is 0 Å². The van der Waals surface area contributed by atoms with Gasteiger partial charge in [0.1, 0.15) is 5.82 Å². The van der Waals surface area contributed by atoms with E-state index >= 15 is 0 Å². The van der Waals surface area contributed by atoms with Gasteiger partial charge >= 0.3 is 0 Å². The first kappa shape index (κ1) is 13.8. The maximum absolute atomic E-state index is 8.30. The second-order valence-electron chi connectivity index (χ2n) is 9.19.